The average Bonchev–Trinajstić information content (AvgIpc) is 2.06. The number of hydrogen-bond donors (Lipinski definition) is 2. The highest BCUT2D eigenvalue weighted by molar-refractivity contribution is 4.61. The van der Waals surface area contributed by atoms with E-state index in [4.69, 9.17) is 11.5 Å². The average molecular weight is 171 g/mol. The lowest BCUT2D eigenvalue weighted by atomic mass is 9.94. The Hall–Kier alpha value is -0.0800. The summed E-state index contributed by atoms with van der Waals surface area (Å²) in [5.74, 6) is 0.791. The zero-order valence-corrected chi connectivity index (χ0v) is 8.10. The van der Waals surface area contributed by atoms with Gasteiger partial charge in [-0.05, 0) is 31.8 Å². The summed E-state index contributed by atoms with van der Waals surface area (Å²) < 4.78 is 0. The third kappa shape index (κ3) is 6.62. The molecule has 1 unspecified atom stereocenters. The molecule has 0 amide bonds. The molecule has 0 aliphatic heterocycles. The Morgan fingerprint density at radius 2 is 1.67 bits per heavy atom. The van der Waals surface area contributed by atoms with Gasteiger partial charge in [-0.2, -0.15) is 0 Å². The van der Waals surface area contributed by atoms with Crippen molar-refractivity contribution in [3.8, 4) is 0 Å². The zero-order valence-electron chi connectivity index (χ0n) is 8.10. The SMILES string of the molecule is [CH2]CCC(CCN)CCCCN. The first-order valence-electron chi connectivity index (χ1n) is 5.04. The summed E-state index contributed by atoms with van der Waals surface area (Å²) in [7, 11) is 0. The lowest BCUT2D eigenvalue weighted by molar-refractivity contribution is 0.411. The minimum atomic E-state index is 0.791. The highest BCUT2D eigenvalue weighted by Crippen LogP contribution is 2.17. The van der Waals surface area contributed by atoms with Gasteiger partial charge in [0, 0.05) is 0 Å². The van der Waals surface area contributed by atoms with E-state index in [2.05, 4.69) is 6.92 Å². The molecule has 4 N–H and O–H groups in total. The van der Waals surface area contributed by atoms with E-state index < -0.39 is 0 Å². The predicted molar refractivity (Wildman–Crippen MR) is 54.7 cm³/mol. The molecule has 2 nitrogen and oxygen atoms in total. The third-order valence-corrected chi connectivity index (χ3v) is 2.25. The first-order chi connectivity index (χ1) is 5.85. The Bertz CT molecular complexity index is 77.9. The van der Waals surface area contributed by atoms with Crippen LogP contribution in [0.2, 0.25) is 0 Å². The Balaban J connectivity index is 3.34. The molecule has 0 aromatic rings. The maximum atomic E-state index is 5.52. The van der Waals surface area contributed by atoms with Crippen molar-refractivity contribution >= 4 is 0 Å². The van der Waals surface area contributed by atoms with Crippen molar-refractivity contribution in [3.63, 3.8) is 0 Å². The Morgan fingerprint density at radius 3 is 2.17 bits per heavy atom. The van der Waals surface area contributed by atoms with E-state index in [0.717, 1.165) is 38.3 Å². The van der Waals surface area contributed by atoms with E-state index in [1.807, 2.05) is 0 Å². The summed E-state index contributed by atoms with van der Waals surface area (Å²) in [6, 6.07) is 0. The van der Waals surface area contributed by atoms with Gasteiger partial charge < -0.3 is 11.5 Å². The molecular formula is C10H23N2. The zero-order chi connectivity index (χ0) is 9.23. The smallest absolute Gasteiger partial charge is 0.00746 e. The fraction of sp³-hybridized carbons (Fsp3) is 0.900. The molecule has 0 heterocycles. The fourth-order valence-electron chi connectivity index (χ4n) is 1.53. The quantitative estimate of drug-likeness (QED) is 0.546. The van der Waals surface area contributed by atoms with Crippen molar-refractivity contribution in [2.75, 3.05) is 13.1 Å². The molecule has 73 valence electrons. The van der Waals surface area contributed by atoms with Crippen LogP contribution >= 0.6 is 0 Å². The molecule has 0 saturated heterocycles. The minimum Gasteiger partial charge on any atom is -0.330 e. The number of rotatable bonds is 8. The molecule has 0 fully saturated rings. The van der Waals surface area contributed by atoms with Crippen molar-refractivity contribution in [2.24, 2.45) is 17.4 Å². The van der Waals surface area contributed by atoms with Crippen LogP contribution in [0.4, 0.5) is 0 Å². The number of hydrogen-bond acceptors (Lipinski definition) is 2. The molecule has 0 spiro atoms. The van der Waals surface area contributed by atoms with Crippen LogP contribution in [-0.2, 0) is 0 Å². The molecule has 0 aliphatic rings. The summed E-state index contributed by atoms with van der Waals surface area (Å²) >= 11 is 0. The second kappa shape index (κ2) is 9.01. The van der Waals surface area contributed by atoms with Crippen LogP contribution in [-0.4, -0.2) is 13.1 Å². The third-order valence-electron chi connectivity index (χ3n) is 2.25. The van der Waals surface area contributed by atoms with Crippen LogP contribution in [0.1, 0.15) is 38.5 Å². The molecule has 0 aromatic carbocycles. The minimum absolute atomic E-state index is 0.791. The second-order valence-electron chi connectivity index (χ2n) is 3.37. The Kier molecular flexibility index (Phi) is 8.95. The molecule has 1 atom stereocenters. The molecule has 2 heteroatoms. The lowest BCUT2D eigenvalue weighted by Gasteiger charge is -2.14. The molecule has 1 radical (unpaired) electrons. The van der Waals surface area contributed by atoms with Gasteiger partial charge in [0.1, 0.15) is 0 Å². The van der Waals surface area contributed by atoms with Crippen molar-refractivity contribution < 1.29 is 0 Å². The van der Waals surface area contributed by atoms with Gasteiger partial charge >= 0.3 is 0 Å². The highest BCUT2D eigenvalue weighted by atomic mass is 14.5. The van der Waals surface area contributed by atoms with Crippen LogP contribution in [0, 0.1) is 12.8 Å². The molecular weight excluding hydrogens is 148 g/mol. The van der Waals surface area contributed by atoms with Gasteiger partial charge in [-0.25, -0.2) is 0 Å². The maximum Gasteiger partial charge on any atom is -0.00746 e. The van der Waals surface area contributed by atoms with Crippen LogP contribution in [0.5, 0.6) is 0 Å². The van der Waals surface area contributed by atoms with Crippen molar-refractivity contribution in [1.82, 2.24) is 0 Å². The first kappa shape index (κ1) is 11.9. The van der Waals surface area contributed by atoms with E-state index in [9.17, 15) is 0 Å². The topological polar surface area (TPSA) is 52.0 Å². The maximum absolute atomic E-state index is 5.52. The monoisotopic (exact) mass is 171 g/mol. The largest absolute Gasteiger partial charge is 0.330 e. The molecule has 0 saturated carbocycles. The van der Waals surface area contributed by atoms with Gasteiger partial charge in [0.25, 0.3) is 0 Å². The van der Waals surface area contributed by atoms with Gasteiger partial charge in [0.2, 0.25) is 0 Å². The summed E-state index contributed by atoms with van der Waals surface area (Å²) in [6.45, 7) is 5.50. The molecule has 0 aliphatic carbocycles. The second-order valence-corrected chi connectivity index (χ2v) is 3.37. The highest BCUT2D eigenvalue weighted by Gasteiger charge is 2.05. The van der Waals surface area contributed by atoms with E-state index >= 15 is 0 Å². The van der Waals surface area contributed by atoms with Crippen LogP contribution in [0.15, 0.2) is 0 Å². The number of nitrogens with two attached hydrogens (primary N) is 2. The van der Waals surface area contributed by atoms with Crippen molar-refractivity contribution in [1.29, 1.82) is 0 Å². The Labute approximate surface area is 76.7 Å². The normalized spacial score (nSPS) is 13.2. The fourth-order valence-corrected chi connectivity index (χ4v) is 1.53. The summed E-state index contributed by atoms with van der Waals surface area (Å²) in [5.41, 5.74) is 10.9. The van der Waals surface area contributed by atoms with Crippen LogP contribution in [0.25, 0.3) is 0 Å². The summed E-state index contributed by atoms with van der Waals surface area (Å²) in [5, 5.41) is 0. The Morgan fingerprint density at radius 1 is 0.917 bits per heavy atom. The standard InChI is InChI=1S/C10H23N2/c1-2-5-10(7-9-12)6-3-4-8-11/h10H,1-9,11-12H2. The summed E-state index contributed by atoms with van der Waals surface area (Å²) in [4.78, 5) is 0. The van der Waals surface area contributed by atoms with E-state index in [0.29, 0.717) is 0 Å². The van der Waals surface area contributed by atoms with Crippen LogP contribution < -0.4 is 11.5 Å². The van der Waals surface area contributed by atoms with E-state index in [1.54, 1.807) is 0 Å². The van der Waals surface area contributed by atoms with E-state index in [-0.39, 0.29) is 0 Å². The lowest BCUT2D eigenvalue weighted by Crippen LogP contribution is -2.09. The first-order valence-corrected chi connectivity index (χ1v) is 5.04. The molecule has 0 bridgehead atoms. The van der Waals surface area contributed by atoms with Gasteiger partial charge in [-0.15, -0.1) is 0 Å². The van der Waals surface area contributed by atoms with Gasteiger partial charge in [0.15, 0.2) is 0 Å². The predicted octanol–water partition coefficient (Wildman–Crippen LogP) is 1.69. The van der Waals surface area contributed by atoms with E-state index in [1.165, 1.54) is 19.3 Å². The number of unbranched alkanes of at least 4 members (excludes halogenated alkanes) is 1. The van der Waals surface area contributed by atoms with Gasteiger partial charge in [-0.3, -0.25) is 0 Å². The van der Waals surface area contributed by atoms with Crippen molar-refractivity contribution in [3.05, 3.63) is 6.92 Å². The molecule has 0 rings (SSSR count). The van der Waals surface area contributed by atoms with Crippen molar-refractivity contribution in [2.45, 2.75) is 38.5 Å². The van der Waals surface area contributed by atoms with Gasteiger partial charge in [-0.1, -0.05) is 32.6 Å². The molecule has 0 aromatic heterocycles. The molecule has 12 heavy (non-hydrogen) atoms. The summed E-state index contributed by atoms with van der Waals surface area (Å²) in [6.07, 6.45) is 7.10. The van der Waals surface area contributed by atoms with Crippen LogP contribution in [0.3, 0.4) is 0 Å². The van der Waals surface area contributed by atoms with Gasteiger partial charge in [0.05, 0.1) is 0 Å².